The molecule has 138 valence electrons. The average molecular weight is 364 g/mol. The third-order valence-corrected chi connectivity index (χ3v) is 4.39. The van der Waals surface area contributed by atoms with Crippen LogP contribution in [0.3, 0.4) is 0 Å². The largest absolute Gasteiger partial charge is 0.322 e. The van der Waals surface area contributed by atoms with E-state index in [1.54, 1.807) is 23.7 Å². The lowest BCUT2D eigenvalue weighted by Gasteiger charge is -2.09. The quantitative estimate of drug-likeness (QED) is 0.542. The van der Waals surface area contributed by atoms with E-state index in [2.05, 4.69) is 10.4 Å². The molecule has 0 bridgehead atoms. The van der Waals surface area contributed by atoms with Crippen LogP contribution in [0.25, 0.3) is 5.69 Å². The first-order valence-corrected chi connectivity index (χ1v) is 8.61. The van der Waals surface area contributed by atoms with Gasteiger partial charge in [0.2, 0.25) is 0 Å². The Kier molecular flexibility index (Phi) is 5.03. The van der Waals surface area contributed by atoms with Crippen LogP contribution in [0.2, 0.25) is 0 Å². The normalized spacial score (nSPS) is 10.6. The molecule has 0 aliphatic heterocycles. The zero-order valence-electron chi connectivity index (χ0n) is 15.4. The van der Waals surface area contributed by atoms with Crippen LogP contribution in [0.5, 0.6) is 0 Å². The summed E-state index contributed by atoms with van der Waals surface area (Å²) in [6, 6.07) is 12.5. The van der Waals surface area contributed by atoms with Gasteiger partial charge in [0.15, 0.2) is 0 Å². The van der Waals surface area contributed by atoms with Crippen LogP contribution < -0.4 is 5.32 Å². The molecular weight excluding hydrogens is 344 g/mol. The van der Waals surface area contributed by atoms with E-state index in [4.69, 9.17) is 0 Å². The Hall–Kier alpha value is -3.48. The molecule has 0 fully saturated rings. The maximum absolute atomic E-state index is 12.7. The van der Waals surface area contributed by atoms with Crippen LogP contribution in [0.1, 0.15) is 34.1 Å². The Morgan fingerprint density at radius 1 is 1.19 bits per heavy atom. The van der Waals surface area contributed by atoms with E-state index < -0.39 is 4.92 Å². The summed E-state index contributed by atoms with van der Waals surface area (Å²) >= 11 is 0. The monoisotopic (exact) mass is 364 g/mol. The number of hydrogen-bond donors (Lipinski definition) is 1. The van der Waals surface area contributed by atoms with Gasteiger partial charge >= 0.3 is 0 Å². The van der Waals surface area contributed by atoms with Crippen LogP contribution in [0, 0.1) is 24.0 Å². The second-order valence-electron chi connectivity index (χ2n) is 6.32. The van der Waals surface area contributed by atoms with Crippen LogP contribution in [0.4, 0.5) is 11.4 Å². The predicted molar refractivity (Wildman–Crippen MR) is 103 cm³/mol. The number of hydrogen-bond acceptors (Lipinski definition) is 4. The summed E-state index contributed by atoms with van der Waals surface area (Å²) in [4.78, 5) is 23.4. The van der Waals surface area contributed by atoms with Gasteiger partial charge in [-0.05, 0) is 38.5 Å². The molecule has 3 aromatic rings. The Labute approximate surface area is 156 Å². The third-order valence-electron chi connectivity index (χ3n) is 4.39. The van der Waals surface area contributed by atoms with E-state index in [1.807, 2.05) is 38.1 Å². The van der Waals surface area contributed by atoms with Crippen molar-refractivity contribution in [3.63, 3.8) is 0 Å². The highest BCUT2D eigenvalue weighted by Crippen LogP contribution is 2.23. The first kappa shape index (κ1) is 18.3. The maximum Gasteiger partial charge on any atom is 0.274 e. The van der Waals surface area contributed by atoms with Crippen molar-refractivity contribution in [1.82, 2.24) is 9.78 Å². The van der Waals surface area contributed by atoms with Gasteiger partial charge in [0.25, 0.3) is 11.6 Å². The number of nitrogens with zero attached hydrogens (tertiary/aromatic N) is 3. The number of amides is 1. The molecule has 0 aliphatic carbocycles. The lowest BCUT2D eigenvalue weighted by atomic mass is 10.1. The predicted octanol–water partition coefficient (Wildman–Crippen LogP) is 4.21. The molecule has 27 heavy (non-hydrogen) atoms. The fourth-order valence-corrected chi connectivity index (χ4v) is 2.89. The molecule has 1 aromatic heterocycles. The van der Waals surface area contributed by atoms with E-state index in [9.17, 15) is 14.9 Å². The summed E-state index contributed by atoms with van der Waals surface area (Å²) in [5.41, 5.74) is 4.13. The molecule has 2 aromatic carbocycles. The van der Waals surface area contributed by atoms with Gasteiger partial charge in [-0.1, -0.05) is 30.7 Å². The van der Waals surface area contributed by atoms with Gasteiger partial charge in [-0.2, -0.15) is 5.10 Å². The minimum Gasteiger partial charge on any atom is -0.322 e. The Bertz CT molecular complexity index is 1010. The zero-order chi connectivity index (χ0) is 19.6. The molecule has 0 radical (unpaired) electrons. The van der Waals surface area contributed by atoms with E-state index in [-0.39, 0.29) is 11.6 Å². The van der Waals surface area contributed by atoms with Gasteiger partial charge in [-0.15, -0.1) is 0 Å². The first-order valence-electron chi connectivity index (χ1n) is 8.61. The topological polar surface area (TPSA) is 90.1 Å². The minimum absolute atomic E-state index is 0.0288. The first-order chi connectivity index (χ1) is 12.9. The Morgan fingerprint density at radius 2 is 1.89 bits per heavy atom. The standard InChI is InChI=1S/C20H20N4O3/c1-4-18-17(12-21-23(18)16-9-5-13(2)6-10-16)20(25)22-15-8-7-14(3)19(11-15)24(26)27/h5-12H,4H2,1-3H3,(H,22,25). The SMILES string of the molecule is CCc1c(C(=O)Nc2ccc(C)c([N+](=O)[O-])c2)cnn1-c1ccc(C)cc1. The Balaban J connectivity index is 1.91. The second-order valence-corrected chi connectivity index (χ2v) is 6.32. The van der Waals surface area contributed by atoms with Gasteiger partial charge in [-0.25, -0.2) is 4.68 Å². The molecule has 0 saturated carbocycles. The number of anilines is 1. The molecule has 0 aliphatic rings. The molecule has 7 heteroatoms. The van der Waals surface area contributed by atoms with Gasteiger partial charge in [0.05, 0.1) is 28.1 Å². The van der Waals surface area contributed by atoms with E-state index in [0.717, 1.165) is 16.9 Å². The molecule has 1 heterocycles. The van der Waals surface area contributed by atoms with Gasteiger partial charge in [0.1, 0.15) is 0 Å². The van der Waals surface area contributed by atoms with Gasteiger partial charge < -0.3 is 5.32 Å². The molecule has 1 amide bonds. The molecule has 0 atom stereocenters. The summed E-state index contributed by atoms with van der Waals surface area (Å²) in [5.74, 6) is -0.344. The number of rotatable bonds is 5. The number of aryl methyl sites for hydroxylation is 2. The van der Waals surface area contributed by atoms with Crippen molar-refractivity contribution < 1.29 is 9.72 Å². The maximum atomic E-state index is 12.7. The zero-order valence-corrected chi connectivity index (χ0v) is 15.4. The number of benzene rings is 2. The van der Waals surface area contributed by atoms with Crippen LogP contribution in [0.15, 0.2) is 48.7 Å². The van der Waals surface area contributed by atoms with Crippen LogP contribution in [-0.2, 0) is 6.42 Å². The number of nitro groups is 1. The highest BCUT2D eigenvalue weighted by molar-refractivity contribution is 6.05. The van der Waals surface area contributed by atoms with E-state index in [0.29, 0.717) is 23.2 Å². The molecular formula is C20H20N4O3. The molecule has 0 spiro atoms. The van der Waals surface area contributed by atoms with Crippen molar-refractivity contribution in [3.05, 3.63) is 81.2 Å². The van der Waals surface area contributed by atoms with Crippen molar-refractivity contribution in [3.8, 4) is 5.69 Å². The fraction of sp³-hybridized carbons (Fsp3) is 0.200. The van der Waals surface area contributed by atoms with Crippen molar-refractivity contribution >= 4 is 17.3 Å². The molecule has 0 unspecified atom stereocenters. The van der Waals surface area contributed by atoms with Crippen molar-refractivity contribution in [1.29, 1.82) is 0 Å². The second kappa shape index (κ2) is 7.41. The number of nitro benzene ring substituents is 1. The number of carbonyl (C=O) groups excluding carboxylic acids is 1. The molecule has 0 saturated heterocycles. The number of nitrogens with one attached hydrogen (secondary N) is 1. The molecule has 3 rings (SSSR count). The summed E-state index contributed by atoms with van der Waals surface area (Å²) < 4.78 is 1.74. The van der Waals surface area contributed by atoms with E-state index >= 15 is 0 Å². The third kappa shape index (κ3) is 3.72. The summed E-state index contributed by atoms with van der Waals surface area (Å²) in [6.45, 7) is 5.62. The highest BCUT2D eigenvalue weighted by atomic mass is 16.6. The van der Waals surface area contributed by atoms with Crippen LogP contribution >= 0.6 is 0 Å². The number of carbonyl (C=O) groups is 1. The van der Waals surface area contributed by atoms with Gasteiger partial charge in [0, 0.05) is 17.3 Å². The molecule has 1 N–H and O–H groups in total. The minimum atomic E-state index is -0.460. The van der Waals surface area contributed by atoms with E-state index in [1.165, 1.54) is 12.3 Å². The smallest absolute Gasteiger partial charge is 0.274 e. The summed E-state index contributed by atoms with van der Waals surface area (Å²) in [5, 5.41) is 18.2. The van der Waals surface area contributed by atoms with Crippen molar-refractivity contribution in [2.45, 2.75) is 27.2 Å². The lowest BCUT2D eigenvalue weighted by molar-refractivity contribution is -0.385. The van der Waals surface area contributed by atoms with Crippen molar-refractivity contribution in [2.24, 2.45) is 0 Å². The summed E-state index contributed by atoms with van der Waals surface area (Å²) in [7, 11) is 0. The average Bonchev–Trinajstić information content (AvgIpc) is 3.07. The van der Waals surface area contributed by atoms with Gasteiger partial charge in [-0.3, -0.25) is 14.9 Å². The number of aromatic nitrogens is 2. The lowest BCUT2D eigenvalue weighted by Crippen LogP contribution is -2.14. The molecule has 7 nitrogen and oxygen atoms in total. The van der Waals surface area contributed by atoms with Crippen LogP contribution in [-0.4, -0.2) is 20.6 Å². The fourth-order valence-electron chi connectivity index (χ4n) is 2.89. The highest BCUT2D eigenvalue weighted by Gasteiger charge is 2.19. The van der Waals surface area contributed by atoms with Crippen molar-refractivity contribution in [2.75, 3.05) is 5.32 Å². The summed E-state index contributed by atoms with van der Waals surface area (Å²) in [6.07, 6.45) is 2.14. The Morgan fingerprint density at radius 3 is 2.52 bits per heavy atom.